The van der Waals surface area contributed by atoms with Gasteiger partial charge in [0.15, 0.2) is 6.61 Å². The Balaban J connectivity index is 2.95. The highest BCUT2D eigenvalue weighted by atomic mass is 19.4. The molecule has 11 heteroatoms. The first kappa shape index (κ1) is 16.9. The van der Waals surface area contributed by atoms with Crippen molar-refractivity contribution in [2.45, 2.75) is 19.0 Å². The Kier molecular flexibility index (Phi) is 4.86. The molecule has 0 fully saturated rings. The number of hydrogen-bond donors (Lipinski definition) is 1. The molecule has 1 heterocycles. The van der Waals surface area contributed by atoms with Crippen LogP contribution in [0.25, 0.3) is 0 Å². The fraction of sp³-hybridized carbons (Fsp3) is 0.500. The van der Waals surface area contributed by atoms with Gasteiger partial charge in [-0.15, -0.1) is 0 Å². The second-order valence-corrected chi connectivity index (χ2v) is 3.83. The van der Waals surface area contributed by atoms with E-state index in [1.807, 2.05) is 0 Å². The lowest BCUT2D eigenvalue weighted by Gasteiger charge is -2.19. The number of anilines is 1. The SMILES string of the molecule is CCNc1cc([N+](=O)[O-])cc(OCC(F)(F)C(F)(F)F)n1. The number of hydrogen-bond acceptors (Lipinski definition) is 5. The van der Waals surface area contributed by atoms with Gasteiger partial charge in [0, 0.05) is 6.54 Å². The molecule has 0 amide bonds. The number of ether oxygens (including phenoxy) is 1. The van der Waals surface area contributed by atoms with Gasteiger partial charge in [0.1, 0.15) is 5.82 Å². The molecule has 1 aromatic rings. The van der Waals surface area contributed by atoms with Gasteiger partial charge in [-0.2, -0.15) is 26.9 Å². The van der Waals surface area contributed by atoms with Crippen LogP contribution in [0.2, 0.25) is 0 Å². The van der Waals surface area contributed by atoms with Crippen molar-refractivity contribution in [3.05, 3.63) is 22.2 Å². The van der Waals surface area contributed by atoms with E-state index in [9.17, 15) is 32.1 Å². The maximum atomic E-state index is 12.7. The number of aromatic nitrogens is 1. The lowest BCUT2D eigenvalue weighted by Crippen LogP contribution is -2.41. The summed E-state index contributed by atoms with van der Waals surface area (Å²) in [4.78, 5) is 13.3. The maximum Gasteiger partial charge on any atom is 0.456 e. The predicted octanol–water partition coefficient (Wildman–Crippen LogP) is 3.00. The Morgan fingerprint density at radius 2 is 1.95 bits per heavy atom. The zero-order valence-corrected chi connectivity index (χ0v) is 10.6. The van der Waals surface area contributed by atoms with E-state index < -0.39 is 35.2 Å². The van der Waals surface area contributed by atoms with Crippen LogP contribution in [0, 0.1) is 10.1 Å². The minimum atomic E-state index is -5.78. The molecule has 0 aliphatic heterocycles. The van der Waals surface area contributed by atoms with Gasteiger partial charge in [0.05, 0.1) is 17.1 Å². The van der Waals surface area contributed by atoms with Crippen LogP contribution >= 0.6 is 0 Å². The molecule has 0 aliphatic carbocycles. The Hall–Kier alpha value is -2.20. The molecule has 0 bridgehead atoms. The number of nitro groups is 1. The summed E-state index contributed by atoms with van der Waals surface area (Å²) in [6, 6.07) is 1.66. The molecule has 0 saturated carbocycles. The zero-order chi connectivity index (χ0) is 16.3. The first-order valence-corrected chi connectivity index (χ1v) is 5.54. The molecule has 0 saturated heterocycles. The van der Waals surface area contributed by atoms with Crippen LogP contribution in [0.1, 0.15) is 6.92 Å². The first-order valence-electron chi connectivity index (χ1n) is 5.54. The van der Waals surface area contributed by atoms with Crippen molar-refractivity contribution in [3.8, 4) is 5.88 Å². The largest absolute Gasteiger partial charge is 0.471 e. The molecule has 0 unspecified atom stereocenters. The van der Waals surface area contributed by atoms with Crippen LogP contribution in [-0.2, 0) is 0 Å². The lowest BCUT2D eigenvalue weighted by molar-refractivity contribution is -0.385. The normalized spacial score (nSPS) is 12.1. The molecule has 0 aromatic carbocycles. The van der Waals surface area contributed by atoms with E-state index in [0.717, 1.165) is 6.07 Å². The Bertz CT molecular complexity index is 521. The van der Waals surface area contributed by atoms with Crippen LogP contribution in [0.4, 0.5) is 33.5 Å². The molecule has 6 nitrogen and oxygen atoms in total. The minimum absolute atomic E-state index is 0.0722. The number of rotatable bonds is 6. The van der Waals surface area contributed by atoms with E-state index in [2.05, 4.69) is 15.0 Å². The summed E-state index contributed by atoms with van der Waals surface area (Å²) in [6.45, 7) is -0.0681. The third-order valence-corrected chi connectivity index (χ3v) is 2.17. The smallest absolute Gasteiger partial charge is 0.456 e. The summed E-state index contributed by atoms with van der Waals surface area (Å²) in [6.07, 6.45) is -5.78. The lowest BCUT2D eigenvalue weighted by atomic mass is 10.3. The Morgan fingerprint density at radius 3 is 2.43 bits per heavy atom. The molecule has 118 valence electrons. The number of pyridine rings is 1. The zero-order valence-electron chi connectivity index (χ0n) is 10.6. The van der Waals surface area contributed by atoms with E-state index in [1.165, 1.54) is 0 Å². The number of nitrogens with zero attached hydrogens (tertiary/aromatic N) is 2. The number of nitrogens with one attached hydrogen (secondary N) is 1. The number of halogens is 5. The first-order chi connectivity index (χ1) is 9.56. The monoisotopic (exact) mass is 315 g/mol. The quantitative estimate of drug-likeness (QED) is 0.496. The molecule has 21 heavy (non-hydrogen) atoms. The third kappa shape index (κ3) is 4.39. The van der Waals surface area contributed by atoms with Gasteiger partial charge >= 0.3 is 12.1 Å². The predicted molar refractivity (Wildman–Crippen MR) is 61.6 cm³/mol. The van der Waals surface area contributed by atoms with Crippen LogP contribution in [-0.4, -0.2) is 35.2 Å². The fourth-order valence-electron chi connectivity index (χ4n) is 1.19. The maximum absolute atomic E-state index is 12.7. The summed E-state index contributed by atoms with van der Waals surface area (Å²) >= 11 is 0. The van der Waals surface area contributed by atoms with Gasteiger partial charge in [0.2, 0.25) is 5.88 Å². The molecular weight excluding hydrogens is 305 g/mol. The average molecular weight is 315 g/mol. The molecule has 0 aliphatic rings. The second kappa shape index (κ2) is 6.06. The summed E-state index contributed by atoms with van der Waals surface area (Å²) in [5, 5.41) is 13.2. The summed E-state index contributed by atoms with van der Waals surface area (Å²) in [7, 11) is 0. The van der Waals surface area contributed by atoms with Gasteiger partial charge < -0.3 is 10.1 Å². The van der Waals surface area contributed by atoms with Crippen molar-refractivity contribution in [1.82, 2.24) is 4.98 Å². The summed E-state index contributed by atoms with van der Waals surface area (Å²) < 4.78 is 65.6. The van der Waals surface area contributed by atoms with Crippen molar-refractivity contribution in [3.63, 3.8) is 0 Å². The van der Waals surface area contributed by atoms with Crippen LogP contribution < -0.4 is 10.1 Å². The minimum Gasteiger partial charge on any atom is -0.471 e. The van der Waals surface area contributed by atoms with Crippen molar-refractivity contribution in [1.29, 1.82) is 0 Å². The molecule has 0 radical (unpaired) electrons. The highest BCUT2D eigenvalue weighted by molar-refractivity contribution is 5.48. The highest BCUT2D eigenvalue weighted by Gasteiger charge is 2.58. The molecule has 0 spiro atoms. The second-order valence-electron chi connectivity index (χ2n) is 3.83. The van der Waals surface area contributed by atoms with Crippen LogP contribution in [0.3, 0.4) is 0 Å². The van der Waals surface area contributed by atoms with E-state index in [4.69, 9.17) is 0 Å². The highest BCUT2D eigenvalue weighted by Crippen LogP contribution is 2.36. The van der Waals surface area contributed by atoms with Gasteiger partial charge in [-0.05, 0) is 6.92 Å². The molecule has 1 aromatic heterocycles. The standard InChI is InChI=1S/C10H10F5N3O3/c1-2-16-7-3-6(18(19)20)4-8(17-7)21-5-9(11,12)10(13,14)15/h3-4H,2,5H2,1H3,(H,16,17). The topological polar surface area (TPSA) is 77.3 Å². The Morgan fingerprint density at radius 1 is 1.33 bits per heavy atom. The van der Waals surface area contributed by atoms with E-state index in [0.29, 0.717) is 12.6 Å². The van der Waals surface area contributed by atoms with Crippen molar-refractivity contribution in [2.75, 3.05) is 18.5 Å². The third-order valence-electron chi connectivity index (χ3n) is 2.17. The van der Waals surface area contributed by atoms with Crippen LogP contribution in [0.5, 0.6) is 5.88 Å². The van der Waals surface area contributed by atoms with Crippen molar-refractivity contribution in [2.24, 2.45) is 0 Å². The van der Waals surface area contributed by atoms with Gasteiger partial charge in [-0.3, -0.25) is 10.1 Å². The molecule has 1 rings (SSSR count). The van der Waals surface area contributed by atoms with E-state index >= 15 is 0 Å². The summed E-state index contributed by atoms with van der Waals surface area (Å²) in [5.41, 5.74) is -0.550. The van der Waals surface area contributed by atoms with Crippen LogP contribution in [0.15, 0.2) is 12.1 Å². The van der Waals surface area contributed by atoms with Gasteiger partial charge in [-0.1, -0.05) is 0 Å². The molecule has 0 atom stereocenters. The summed E-state index contributed by atoms with van der Waals surface area (Å²) in [5.74, 6) is -5.86. The molecule has 1 N–H and O–H groups in total. The van der Waals surface area contributed by atoms with Gasteiger partial charge in [0.25, 0.3) is 5.69 Å². The Labute approximate surface area is 115 Å². The average Bonchev–Trinajstić information content (AvgIpc) is 2.35. The van der Waals surface area contributed by atoms with Crippen molar-refractivity contribution < 1.29 is 31.6 Å². The van der Waals surface area contributed by atoms with E-state index in [-0.39, 0.29) is 5.82 Å². The molecular formula is C10H10F5N3O3. The van der Waals surface area contributed by atoms with E-state index in [1.54, 1.807) is 6.92 Å². The number of alkyl halides is 5. The van der Waals surface area contributed by atoms with Crippen molar-refractivity contribution >= 4 is 11.5 Å². The fourth-order valence-corrected chi connectivity index (χ4v) is 1.19. The van der Waals surface area contributed by atoms with Gasteiger partial charge in [-0.25, -0.2) is 0 Å².